The largest absolute Gasteiger partial charge is 0.478 e. The first kappa shape index (κ1) is 22.0. The summed E-state index contributed by atoms with van der Waals surface area (Å²) in [4.78, 5) is 34.4. The maximum Gasteiger partial charge on any atom is 0.393 e. The van der Waals surface area contributed by atoms with E-state index in [1.54, 1.807) is 0 Å². The summed E-state index contributed by atoms with van der Waals surface area (Å²) >= 11 is 0. The van der Waals surface area contributed by atoms with Crippen molar-refractivity contribution in [1.29, 1.82) is 0 Å². The monoisotopic (exact) mass is 380 g/mol. The van der Waals surface area contributed by atoms with E-state index in [2.05, 4.69) is 11.3 Å². The summed E-state index contributed by atoms with van der Waals surface area (Å²) in [5, 5.41) is 8.72. The van der Waals surface area contributed by atoms with Gasteiger partial charge in [0.15, 0.2) is 0 Å². The van der Waals surface area contributed by atoms with Gasteiger partial charge in [-0.15, -0.1) is 0 Å². The normalized spacial score (nSPS) is 17.5. The Balaban J connectivity index is 2.49. The molecule has 1 atom stereocenters. The van der Waals surface area contributed by atoms with E-state index < -0.39 is 48.6 Å². The highest BCUT2D eigenvalue weighted by Crippen LogP contribution is 2.24. The predicted octanol–water partition coefficient (Wildman–Crippen LogP) is 3.54. The SMILES string of the molecule is C=C(CC(=O)OC1CCCCCCC1)C(=O)OC(CC(F)(F)F)C(=O)O. The molecule has 0 aromatic heterocycles. The van der Waals surface area contributed by atoms with Gasteiger partial charge in [0, 0.05) is 5.57 Å². The molecule has 26 heavy (non-hydrogen) atoms. The van der Waals surface area contributed by atoms with E-state index in [1.165, 1.54) is 0 Å². The minimum atomic E-state index is -4.82. The summed E-state index contributed by atoms with van der Waals surface area (Å²) in [6, 6.07) is 0. The molecule has 1 saturated carbocycles. The molecular weight excluding hydrogens is 357 g/mol. The Morgan fingerprint density at radius 2 is 1.62 bits per heavy atom. The first-order valence-corrected chi connectivity index (χ1v) is 8.46. The van der Waals surface area contributed by atoms with Gasteiger partial charge in [0.1, 0.15) is 6.10 Å². The number of esters is 2. The first-order valence-electron chi connectivity index (χ1n) is 8.46. The number of carbonyl (C=O) groups is 3. The van der Waals surface area contributed by atoms with Crippen molar-refractivity contribution >= 4 is 17.9 Å². The number of carboxylic acids is 1. The van der Waals surface area contributed by atoms with Gasteiger partial charge in [0.25, 0.3) is 0 Å². The van der Waals surface area contributed by atoms with Crippen LogP contribution in [0.15, 0.2) is 12.2 Å². The third-order valence-corrected chi connectivity index (χ3v) is 3.94. The van der Waals surface area contributed by atoms with Crippen LogP contribution < -0.4 is 0 Å². The summed E-state index contributed by atoms with van der Waals surface area (Å²) in [7, 11) is 0. The van der Waals surface area contributed by atoms with Gasteiger partial charge in [0.2, 0.25) is 6.10 Å². The summed E-state index contributed by atoms with van der Waals surface area (Å²) in [6.45, 7) is 3.28. The lowest BCUT2D eigenvalue weighted by atomic mass is 9.98. The van der Waals surface area contributed by atoms with Gasteiger partial charge in [-0.25, -0.2) is 9.59 Å². The van der Waals surface area contributed by atoms with E-state index in [0.717, 1.165) is 44.9 Å². The van der Waals surface area contributed by atoms with Crippen LogP contribution in [-0.2, 0) is 23.9 Å². The van der Waals surface area contributed by atoms with Crippen LogP contribution >= 0.6 is 0 Å². The quantitative estimate of drug-likeness (QED) is 0.537. The van der Waals surface area contributed by atoms with Crippen molar-refractivity contribution < 1.29 is 42.1 Å². The molecule has 1 rings (SSSR count). The average Bonchev–Trinajstić information content (AvgIpc) is 2.47. The molecule has 0 aromatic rings. The number of carboxylic acid groups (broad SMARTS) is 1. The third-order valence-electron chi connectivity index (χ3n) is 3.94. The van der Waals surface area contributed by atoms with Crippen molar-refractivity contribution in [2.75, 3.05) is 0 Å². The number of halogens is 3. The van der Waals surface area contributed by atoms with Crippen LogP contribution in [0.5, 0.6) is 0 Å². The topological polar surface area (TPSA) is 89.9 Å². The molecule has 1 N–H and O–H groups in total. The zero-order chi connectivity index (χ0) is 19.7. The van der Waals surface area contributed by atoms with Crippen molar-refractivity contribution in [3.05, 3.63) is 12.2 Å². The van der Waals surface area contributed by atoms with Crippen molar-refractivity contribution in [2.24, 2.45) is 0 Å². The Morgan fingerprint density at radius 1 is 1.08 bits per heavy atom. The van der Waals surface area contributed by atoms with Crippen LogP contribution in [0.1, 0.15) is 57.8 Å². The van der Waals surface area contributed by atoms with Gasteiger partial charge in [-0.2, -0.15) is 13.2 Å². The summed E-state index contributed by atoms with van der Waals surface area (Å²) in [5.41, 5.74) is -0.450. The molecule has 0 saturated heterocycles. The van der Waals surface area contributed by atoms with Gasteiger partial charge < -0.3 is 14.6 Å². The number of aliphatic carboxylic acids is 1. The number of hydrogen-bond donors (Lipinski definition) is 1. The second-order valence-corrected chi connectivity index (χ2v) is 6.29. The highest BCUT2D eigenvalue weighted by atomic mass is 19.4. The molecule has 9 heteroatoms. The maximum absolute atomic E-state index is 12.3. The smallest absolute Gasteiger partial charge is 0.393 e. The van der Waals surface area contributed by atoms with Crippen molar-refractivity contribution in [3.8, 4) is 0 Å². The van der Waals surface area contributed by atoms with E-state index in [-0.39, 0.29) is 6.10 Å². The van der Waals surface area contributed by atoms with Crippen LogP contribution in [0.25, 0.3) is 0 Å². The zero-order valence-corrected chi connectivity index (χ0v) is 14.3. The lowest BCUT2D eigenvalue weighted by molar-refractivity contribution is -0.184. The van der Waals surface area contributed by atoms with Crippen LogP contribution in [0.3, 0.4) is 0 Å². The van der Waals surface area contributed by atoms with Crippen LogP contribution in [0, 0.1) is 0 Å². The molecule has 0 amide bonds. The van der Waals surface area contributed by atoms with E-state index >= 15 is 0 Å². The minimum Gasteiger partial charge on any atom is -0.478 e. The molecule has 0 heterocycles. The van der Waals surface area contributed by atoms with E-state index in [9.17, 15) is 27.6 Å². The second-order valence-electron chi connectivity index (χ2n) is 6.29. The third kappa shape index (κ3) is 8.87. The molecular formula is C17H23F3O6. The fraction of sp³-hybridized carbons (Fsp3) is 0.706. The van der Waals surface area contributed by atoms with Gasteiger partial charge in [-0.1, -0.05) is 25.8 Å². The van der Waals surface area contributed by atoms with Gasteiger partial charge in [-0.05, 0) is 25.7 Å². The van der Waals surface area contributed by atoms with E-state index in [0.29, 0.717) is 0 Å². The number of ether oxygens (including phenoxy) is 2. The summed E-state index contributed by atoms with van der Waals surface area (Å²) in [5.74, 6) is -4.03. The van der Waals surface area contributed by atoms with Crippen molar-refractivity contribution in [3.63, 3.8) is 0 Å². The Labute approximate surface area is 149 Å². The number of carbonyl (C=O) groups excluding carboxylic acids is 2. The molecule has 1 fully saturated rings. The average molecular weight is 380 g/mol. The Hall–Kier alpha value is -2.06. The lowest BCUT2D eigenvalue weighted by Gasteiger charge is -2.20. The van der Waals surface area contributed by atoms with Gasteiger partial charge in [-0.3, -0.25) is 4.79 Å². The number of rotatable bonds is 7. The van der Waals surface area contributed by atoms with Crippen molar-refractivity contribution in [2.45, 2.75) is 76.2 Å². The number of hydrogen-bond acceptors (Lipinski definition) is 5. The number of alkyl halides is 3. The lowest BCUT2D eigenvalue weighted by Crippen LogP contribution is -2.33. The predicted molar refractivity (Wildman–Crippen MR) is 84.1 cm³/mol. The molecule has 148 valence electrons. The standard InChI is InChI=1S/C17H23F3O6/c1-11(16(24)26-13(15(22)23)10-17(18,19)20)9-14(21)25-12-7-5-3-2-4-6-8-12/h12-13H,1-10H2,(H,22,23). The molecule has 1 aliphatic carbocycles. The van der Waals surface area contributed by atoms with Crippen LogP contribution in [0.4, 0.5) is 13.2 Å². The molecule has 0 spiro atoms. The van der Waals surface area contributed by atoms with Crippen molar-refractivity contribution in [1.82, 2.24) is 0 Å². The summed E-state index contributed by atoms with van der Waals surface area (Å²) in [6.07, 6.45) is -3.30. The Bertz CT molecular complexity index is 521. The minimum absolute atomic E-state index is 0.261. The Kier molecular flexibility index (Phi) is 8.60. The first-order chi connectivity index (χ1) is 12.1. The molecule has 0 radical (unpaired) electrons. The molecule has 0 aliphatic heterocycles. The molecule has 6 nitrogen and oxygen atoms in total. The molecule has 1 unspecified atom stereocenters. The van der Waals surface area contributed by atoms with E-state index in [4.69, 9.17) is 9.84 Å². The van der Waals surface area contributed by atoms with Gasteiger partial charge in [0.05, 0.1) is 12.8 Å². The zero-order valence-electron chi connectivity index (χ0n) is 14.3. The van der Waals surface area contributed by atoms with Crippen LogP contribution in [0.2, 0.25) is 0 Å². The molecule has 0 bridgehead atoms. The molecule has 1 aliphatic rings. The second kappa shape index (κ2) is 10.2. The van der Waals surface area contributed by atoms with Crippen LogP contribution in [-0.4, -0.2) is 41.4 Å². The fourth-order valence-electron chi connectivity index (χ4n) is 2.61. The highest BCUT2D eigenvalue weighted by Gasteiger charge is 2.38. The maximum atomic E-state index is 12.3. The Morgan fingerprint density at radius 3 is 2.12 bits per heavy atom. The van der Waals surface area contributed by atoms with Gasteiger partial charge >= 0.3 is 24.1 Å². The fourth-order valence-corrected chi connectivity index (χ4v) is 2.61. The summed E-state index contributed by atoms with van der Waals surface area (Å²) < 4.78 is 46.5. The van der Waals surface area contributed by atoms with E-state index in [1.807, 2.05) is 0 Å². The molecule has 0 aromatic carbocycles. The highest BCUT2D eigenvalue weighted by molar-refractivity contribution is 5.94.